The fourth-order valence-electron chi connectivity index (χ4n) is 3.66. The summed E-state index contributed by atoms with van der Waals surface area (Å²) in [5.74, 6) is -1.26. The molecule has 4 aromatic rings. The van der Waals surface area contributed by atoms with E-state index in [1.807, 2.05) is 47.8 Å². The molecule has 0 unspecified atom stereocenters. The fraction of sp³-hybridized carbons (Fsp3) is 0.192. The Bertz CT molecular complexity index is 1460. The van der Waals surface area contributed by atoms with Gasteiger partial charge in [0.25, 0.3) is 5.91 Å². The van der Waals surface area contributed by atoms with Gasteiger partial charge in [-0.05, 0) is 47.8 Å². The normalized spacial score (nSPS) is 11.4. The Morgan fingerprint density at radius 3 is 2.32 bits per heavy atom. The predicted octanol–water partition coefficient (Wildman–Crippen LogP) is 4.43. The fourth-order valence-corrected chi connectivity index (χ4v) is 5.80. The molecule has 0 radical (unpaired) electrons. The van der Waals surface area contributed by atoms with Crippen molar-refractivity contribution in [3.63, 3.8) is 0 Å². The first-order valence-electron chi connectivity index (χ1n) is 11.6. The molecule has 0 bridgehead atoms. The number of rotatable bonds is 10. The van der Waals surface area contributed by atoms with Crippen molar-refractivity contribution in [2.45, 2.75) is 18.7 Å². The van der Waals surface area contributed by atoms with Gasteiger partial charge in [0.05, 0.1) is 15.5 Å². The maximum absolute atomic E-state index is 12.9. The monoisotopic (exact) mass is 538 g/mol. The molecule has 11 heteroatoms. The number of benzene rings is 2. The highest BCUT2D eigenvalue weighted by Crippen LogP contribution is 2.26. The molecule has 2 aromatic carbocycles. The van der Waals surface area contributed by atoms with Crippen LogP contribution in [0.3, 0.4) is 0 Å². The highest BCUT2D eigenvalue weighted by Gasteiger charge is 2.22. The average molecular weight is 539 g/mol. The molecule has 0 aliphatic heterocycles. The van der Waals surface area contributed by atoms with Crippen molar-refractivity contribution >= 4 is 38.9 Å². The Kier molecular flexibility index (Phi) is 8.17. The number of thiophene rings is 1. The highest BCUT2D eigenvalue weighted by atomic mass is 32.2. The number of nitrogens with zero attached hydrogens (tertiary/aromatic N) is 3. The van der Waals surface area contributed by atoms with Crippen molar-refractivity contribution in [1.29, 1.82) is 0 Å². The number of ether oxygens (including phenoxy) is 1. The van der Waals surface area contributed by atoms with Gasteiger partial charge < -0.3 is 10.1 Å². The van der Waals surface area contributed by atoms with E-state index in [4.69, 9.17) is 4.74 Å². The smallest absolute Gasteiger partial charge is 0.357 e. The van der Waals surface area contributed by atoms with Crippen LogP contribution >= 0.6 is 11.3 Å². The van der Waals surface area contributed by atoms with Crippen LogP contribution in [0.5, 0.6) is 0 Å². The van der Waals surface area contributed by atoms with Gasteiger partial charge in [-0.2, -0.15) is 9.40 Å². The first kappa shape index (κ1) is 26.3. The van der Waals surface area contributed by atoms with E-state index in [1.54, 1.807) is 19.9 Å². The van der Waals surface area contributed by atoms with Gasteiger partial charge >= 0.3 is 5.97 Å². The zero-order valence-electron chi connectivity index (χ0n) is 20.3. The molecule has 2 heterocycles. The largest absolute Gasteiger partial charge is 0.451 e. The molecule has 0 atom stereocenters. The number of hydrogen-bond donors (Lipinski definition) is 1. The lowest BCUT2D eigenvalue weighted by atomic mass is 10.3. The maximum atomic E-state index is 12.9. The van der Waals surface area contributed by atoms with Crippen molar-refractivity contribution in [2.75, 3.05) is 25.0 Å². The maximum Gasteiger partial charge on any atom is 0.357 e. The Hall–Kier alpha value is -3.80. The third-order valence-corrected chi connectivity index (χ3v) is 8.46. The van der Waals surface area contributed by atoms with E-state index in [0.717, 1.165) is 4.88 Å². The molecule has 1 amide bonds. The van der Waals surface area contributed by atoms with Gasteiger partial charge in [0.2, 0.25) is 10.0 Å². The van der Waals surface area contributed by atoms with E-state index in [2.05, 4.69) is 10.4 Å². The van der Waals surface area contributed by atoms with Gasteiger partial charge in [-0.15, -0.1) is 11.3 Å². The number of amides is 1. The number of esters is 1. The van der Waals surface area contributed by atoms with Gasteiger partial charge in [-0.25, -0.2) is 17.9 Å². The Balaban J connectivity index is 1.43. The molecule has 0 aliphatic rings. The average Bonchev–Trinajstić information content (AvgIpc) is 3.59. The number of carbonyl (C=O) groups is 2. The summed E-state index contributed by atoms with van der Waals surface area (Å²) in [6, 6.07) is 20.5. The van der Waals surface area contributed by atoms with Gasteiger partial charge in [-0.3, -0.25) is 4.79 Å². The number of aromatic nitrogens is 2. The van der Waals surface area contributed by atoms with Crippen LogP contribution in [0, 0.1) is 0 Å². The molecule has 37 heavy (non-hydrogen) atoms. The van der Waals surface area contributed by atoms with E-state index in [-0.39, 0.29) is 10.6 Å². The molecule has 9 nitrogen and oxygen atoms in total. The Morgan fingerprint density at radius 2 is 1.70 bits per heavy atom. The summed E-state index contributed by atoms with van der Waals surface area (Å²) in [7, 11) is -3.60. The molecular weight excluding hydrogens is 512 g/mol. The second-order valence-corrected chi connectivity index (χ2v) is 10.8. The van der Waals surface area contributed by atoms with Crippen molar-refractivity contribution in [2.24, 2.45) is 0 Å². The SMILES string of the molecule is CCN(CC)S(=O)(=O)c1ccc(NC(=O)COC(=O)c2cc(-c3cccs3)nn2-c2ccccc2)cc1. The van der Waals surface area contributed by atoms with E-state index in [0.29, 0.717) is 30.2 Å². The van der Waals surface area contributed by atoms with Crippen LogP contribution in [-0.2, 0) is 19.6 Å². The zero-order chi connectivity index (χ0) is 26.4. The Labute approximate surface area is 219 Å². The molecule has 0 aliphatic carbocycles. The lowest BCUT2D eigenvalue weighted by Gasteiger charge is -2.18. The minimum Gasteiger partial charge on any atom is -0.451 e. The van der Waals surface area contributed by atoms with Gasteiger partial charge in [0.1, 0.15) is 5.69 Å². The summed E-state index contributed by atoms with van der Waals surface area (Å²) in [6.45, 7) is 3.74. The molecule has 2 aromatic heterocycles. The molecule has 0 saturated carbocycles. The quantitative estimate of drug-likeness (QED) is 0.299. The second kappa shape index (κ2) is 11.5. The minimum atomic E-state index is -3.60. The highest BCUT2D eigenvalue weighted by molar-refractivity contribution is 7.89. The molecule has 4 rings (SSSR count). The van der Waals surface area contributed by atoms with Crippen molar-refractivity contribution in [3.05, 3.63) is 83.9 Å². The molecular formula is C26H26N4O5S2. The van der Waals surface area contributed by atoms with Crippen molar-refractivity contribution < 1.29 is 22.7 Å². The second-order valence-electron chi connectivity index (χ2n) is 7.88. The molecule has 0 fully saturated rings. The van der Waals surface area contributed by atoms with Crippen LogP contribution in [0.15, 0.2) is 83.1 Å². The minimum absolute atomic E-state index is 0.136. The van der Waals surface area contributed by atoms with E-state index >= 15 is 0 Å². The van der Waals surface area contributed by atoms with Gasteiger partial charge in [0, 0.05) is 24.8 Å². The number of nitrogens with one attached hydrogen (secondary N) is 1. The lowest BCUT2D eigenvalue weighted by Crippen LogP contribution is -2.30. The summed E-state index contributed by atoms with van der Waals surface area (Å²) in [5.41, 5.74) is 1.87. The van der Waals surface area contributed by atoms with Crippen LogP contribution in [0.25, 0.3) is 16.3 Å². The van der Waals surface area contributed by atoms with E-state index < -0.39 is 28.5 Å². The number of para-hydroxylation sites is 1. The molecule has 192 valence electrons. The number of carbonyl (C=O) groups excluding carboxylic acids is 2. The number of hydrogen-bond acceptors (Lipinski definition) is 7. The zero-order valence-corrected chi connectivity index (χ0v) is 22.0. The van der Waals surface area contributed by atoms with Gasteiger partial charge in [0.15, 0.2) is 12.3 Å². The van der Waals surface area contributed by atoms with Crippen LogP contribution in [0.2, 0.25) is 0 Å². The first-order valence-corrected chi connectivity index (χ1v) is 13.9. The predicted molar refractivity (Wildman–Crippen MR) is 142 cm³/mol. The van der Waals surface area contributed by atoms with Crippen LogP contribution in [0.1, 0.15) is 24.3 Å². The summed E-state index contributed by atoms with van der Waals surface area (Å²) < 4.78 is 33.4. The topological polar surface area (TPSA) is 111 Å². The number of anilines is 1. The number of sulfonamides is 1. The Morgan fingerprint density at radius 1 is 1.00 bits per heavy atom. The third-order valence-electron chi connectivity index (χ3n) is 5.51. The van der Waals surface area contributed by atoms with Crippen LogP contribution in [-0.4, -0.2) is 54.1 Å². The summed E-state index contributed by atoms with van der Waals surface area (Å²) >= 11 is 1.50. The van der Waals surface area contributed by atoms with E-state index in [9.17, 15) is 18.0 Å². The van der Waals surface area contributed by atoms with E-state index in [1.165, 1.54) is 44.6 Å². The molecule has 0 saturated heterocycles. The van der Waals surface area contributed by atoms with Crippen LogP contribution < -0.4 is 5.32 Å². The van der Waals surface area contributed by atoms with Crippen LogP contribution in [0.4, 0.5) is 5.69 Å². The molecule has 1 N–H and O–H groups in total. The summed E-state index contributed by atoms with van der Waals surface area (Å²) in [6.07, 6.45) is 0. The lowest BCUT2D eigenvalue weighted by molar-refractivity contribution is -0.119. The van der Waals surface area contributed by atoms with Crippen molar-refractivity contribution in [3.8, 4) is 16.3 Å². The molecule has 0 spiro atoms. The first-order chi connectivity index (χ1) is 17.8. The summed E-state index contributed by atoms with van der Waals surface area (Å²) in [4.78, 5) is 26.4. The van der Waals surface area contributed by atoms with Crippen molar-refractivity contribution in [1.82, 2.24) is 14.1 Å². The standard InChI is InChI=1S/C26H26N4O5S2/c1-3-29(4-2)37(33,34)21-14-12-19(13-15-21)27-25(31)18-35-26(32)23-17-22(24-11-8-16-36-24)28-30(23)20-9-6-5-7-10-20/h5-17H,3-4,18H2,1-2H3,(H,27,31). The third kappa shape index (κ3) is 5.96. The van der Waals surface area contributed by atoms with Gasteiger partial charge in [-0.1, -0.05) is 38.1 Å². The summed E-state index contributed by atoms with van der Waals surface area (Å²) in [5, 5.41) is 9.10.